The van der Waals surface area contributed by atoms with Gasteiger partial charge in [-0.25, -0.2) is 0 Å². The quantitative estimate of drug-likeness (QED) is 0.196. The zero-order valence-electron chi connectivity index (χ0n) is 22.1. The van der Waals surface area contributed by atoms with Gasteiger partial charge in [0.05, 0.1) is 0 Å². The second-order valence-electron chi connectivity index (χ2n) is 10.3. The Morgan fingerprint density at radius 2 is 1.52 bits per heavy atom. The third kappa shape index (κ3) is 4.21. The van der Waals surface area contributed by atoms with E-state index in [0.29, 0.717) is 5.75 Å². The van der Waals surface area contributed by atoms with Gasteiger partial charge in [-0.2, -0.15) is 0 Å². The minimum atomic E-state index is -1.02. The molecule has 0 spiro atoms. The maximum Gasteiger partial charge on any atom is 0.216 e. The molecule has 0 bridgehead atoms. The van der Waals surface area contributed by atoms with Crippen LogP contribution in [0.3, 0.4) is 0 Å². The molecule has 0 aliphatic heterocycles. The Kier molecular flexibility index (Phi) is 6.07. The van der Waals surface area contributed by atoms with Gasteiger partial charge < -0.3 is 14.7 Å². The molecule has 3 aliphatic carbocycles. The minimum absolute atomic E-state index is 0.260. The molecular weight excluding hydrogens is 490 g/mol. The van der Waals surface area contributed by atoms with Gasteiger partial charge in [0.2, 0.25) is 6.29 Å². The number of aliphatic hydroxyl groups excluding tert-OH is 1. The maximum absolute atomic E-state index is 9.67. The second-order valence-corrected chi connectivity index (χ2v) is 10.3. The van der Waals surface area contributed by atoms with E-state index in [1.807, 2.05) is 24.3 Å². The van der Waals surface area contributed by atoms with Crippen molar-refractivity contribution in [1.29, 1.82) is 0 Å². The molecule has 40 heavy (non-hydrogen) atoms. The topological polar surface area (TPSA) is 32.7 Å². The first-order valence-electron chi connectivity index (χ1n) is 13.6. The number of rotatable bonds is 7. The second kappa shape index (κ2) is 10.0. The number of hydrogen-bond donors (Lipinski definition) is 1. The number of allylic oxidation sites excluding steroid dienone is 6. The Labute approximate surface area is 235 Å². The van der Waals surface area contributed by atoms with Crippen LogP contribution in [-0.2, 0) is 6.42 Å². The SMILES string of the molecule is C=CC(O)Oc1ccc(-c2ccc(N(C3=CC=C4C=Cc5cccc6c5C4C3=CC6)c3ccccc3)cc2)cc1. The van der Waals surface area contributed by atoms with E-state index in [2.05, 4.69) is 115 Å². The van der Waals surface area contributed by atoms with Crippen LogP contribution in [0.1, 0.15) is 22.6 Å². The molecule has 2 atom stereocenters. The summed E-state index contributed by atoms with van der Waals surface area (Å²) in [5, 5.41) is 9.67. The van der Waals surface area contributed by atoms with Crippen LogP contribution in [0.25, 0.3) is 17.2 Å². The summed E-state index contributed by atoms with van der Waals surface area (Å²) in [4.78, 5) is 2.38. The number of nitrogens with zero attached hydrogens (tertiary/aromatic N) is 1. The number of para-hydroxylation sites is 1. The first-order chi connectivity index (χ1) is 19.7. The summed E-state index contributed by atoms with van der Waals surface area (Å²) >= 11 is 0. The zero-order chi connectivity index (χ0) is 27.1. The van der Waals surface area contributed by atoms with Crippen molar-refractivity contribution in [3.05, 3.63) is 168 Å². The molecule has 3 aliphatic rings. The molecule has 7 rings (SSSR count). The summed E-state index contributed by atoms with van der Waals surface area (Å²) in [6.07, 6.45) is 12.8. The van der Waals surface area contributed by atoms with Crippen LogP contribution in [0, 0.1) is 0 Å². The zero-order valence-corrected chi connectivity index (χ0v) is 22.1. The molecule has 0 saturated carbocycles. The van der Waals surface area contributed by atoms with Gasteiger partial charge in [0, 0.05) is 23.0 Å². The first-order valence-corrected chi connectivity index (χ1v) is 13.6. The summed E-state index contributed by atoms with van der Waals surface area (Å²) in [5.41, 5.74) is 12.6. The van der Waals surface area contributed by atoms with Crippen LogP contribution in [0.5, 0.6) is 5.75 Å². The van der Waals surface area contributed by atoms with E-state index < -0.39 is 6.29 Å². The highest BCUT2D eigenvalue weighted by Gasteiger charge is 2.35. The molecule has 2 unspecified atom stereocenters. The van der Waals surface area contributed by atoms with E-state index >= 15 is 0 Å². The average Bonchev–Trinajstić information content (AvgIpc) is 3.02. The van der Waals surface area contributed by atoms with Gasteiger partial charge in [0.15, 0.2) is 0 Å². The Morgan fingerprint density at radius 3 is 2.27 bits per heavy atom. The van der Waals surface area contributed by atoms with Crippen molar-refractivity contribution in [3.8, 4) is 16.9 Å². The van der Waals surface area contributed by atoms with Crippen molar-refractivity contribution in [3.63, 3.8) is 0 Å². The molecule has 0 amide bonds. The van der Waals surface area contributed by atoms with Crippen molar-refractivity contribution < 1.29 is 9.84 Å². The summed E-state index contributed by atoms with van der Waals surface area (Å²) in [6, 6.07) is 33.7. The van der Waals surface area contributed by atoms with Crippen LogP contribution in [0.4, 0.5) is 11.4 Å². The van der Waals surface area contributed by atoms with Crippen LogP contribution in [0.2, 0.25) is 0 Å². The smallest absolute Gasteiger partial charge is 0.216 e. The molecule has 194 valence electrons. The molecule has 4 aromatic carbocycles. The summed E-state index contributed by atoms with van der Waals surface area (Å²) in [5.74, 6) is 0.860. The fourth-order valence-electron chi connectivity index (χ4n) is 6.03. The van der Waals surface area contributed by atoms with E-state index in [4.69, 9.17) is 4.74 Å². The fourth-order valence-corrected chi connectivity index (χ4v) is 6.03. The molecule has 3 heteroatoms. The number of ether oxygens (including phenoxy) is 1. The Morgan fingerprint density at radius 1 is 0.800 bits per heavy atom. The molecule has 1 N–H and O–H groups in total. The number of benzene rings is 4. The van der Waals surface area contributed by atoms with E-state index in [1.54, 1.807) is 0 Å². The monoisotopic (exact) mass is 519 g/mol. The fraction of sp³-hybridized carbons (Fsp3) is 0.0811. The normalized spacial score (nSPS) is 17.1. The van der Waals surface area contributed by atoms with Crippen LogP contribution < -0.4 is 9.64 Å². The van der Waals surface area contributed by atoms with Crippen LogP contribution in [0.15, 0.2) is 151 Å². The highest BCUT2D eigenvalue weighted by atomic mass is 16.6. The minimum Gasteiger partial charge on any atom is -0.461 e. The largest absolute Gasteiger partial charge is 0.461 e. The molecule has 0 saturated heterocycles. The lowest BCUT2D eigenvalue weighted by atomic mass is 9.70. The van der Waals surface area contributed by atoms with E-state index in [1.165, 1.54) is 39.6 Å². The number of aliphatic hydroxyl groups is 1. The lowest BCUT2D eigenvalue weighted by molar-refractivity contribution is 0.0251. The van der Waals surface area contributed by atoms with Crippen molar-refractivity contribution in [1.82, 2.24) is 0 Å². The Hall–Kier alpha value is -4.86. The van der Waals surface area contributed by atoms with Gasteiger partial charge in [-0.15, -0.1) is 0 Å². The van der Waals surface area contributed by atoms with E-state index in [-0.39, 0.29) is 5.92 Å². The van der Waals surface area contributed by atoms with Crippen molar-refractivity contribution in [2.24, 2.45) is 0 Å². The predicted octanol–water partition coefficient (Wildman–Crippen LogP) is 8.49. The summed E-state index contributed by atoms with van der Waals surface area (Å²) in [6.45, 7) is 3.55. The standard InChI is InChI=1S/C37H29NO2/c1-2-35(39)40-32-21-15-26(16-22-32)25-13-19-31(20-14-25)38(30-9-4-3-5-10-30)34-24-18-29-12-11-27-7-6-8-28-17-23-33(34)37(29)36(27)28/h2-16,18-24,35,37,39H,1,17H2. The summed E-state index contributed by atoms with van der Waals surface area (Å²) < 4.78 is 5.42. The van der Waals surface area contributed by atoms with Gasteiger partial charge in [-0.1, -0.05) is 91.5 Å². The van der Waals surface area contributed by atoms with Crippen LogP contribution >= 0.6 is 0 Å². The number of hydrogen-bond acceptors (Lipinski definition) is 3. The maximum atomic E-state index is 9.67. The molecule has 4 aromatic rings. The molecule has 0 fully saturated rings. The lowest BCUT2D eigenvalue weighted by Gasteiger charge is -2.39. The van der Waals surface area contributed by atoms with E-state index in [0.717, 1.165) is 28.9 Å². The highest BCUT2D eigenvalue weighted by Crippen LogP contribution is 2.50. The Bertz CT molecular complexity index is 1710. The molecule has 0 aromatic heterocycles. The summed E-state index contributed by atoms with van der Waals surface area (Å²) in [7, 11) is 0. The van der Waals surface area contributed by atoms with Gasteiger partial charge in [-0.3, -0.25) is 0 Å². The number of anilines is 2. The molecular formula is C37H29NO2. The van der Waals surface area contributed by atoms with Crippen LogP contribution in [-0.4, -0.2) is 11.4 Å². The first kappa shape index (κ1) is 24.2. The highest BCUT2D eigenvalue weighted by molar-refractivity contribution is 5.79. The van der Waals surface area contributed by atoms with Crippen molar-refractivity contribution in [2.75, 3.05) is 4.90 Å². The van der Waals surface area contributed by atoms with Crippen molar-refractivity contribution in [2.45, 2.75) is 18.6 Å². The van der Waals surface area contributed by atoms with Gasteiger partial charge >= 0.3 is 0 Å². The van der Waals surface area contributed by atoms with Gasteiger partial charge in [0.1, 0.15) is 5.75 Å². The third-order valence-electron chi connectivity index (χ3n) is 7.92. The van der Waals surface area contributed by atoms with Crippen molar-refractivity contribution >= 4 is 17.5 Å². The van der Waals surface area contributed by atoms with Gasteiger partial charge in [-0.05, 0) is 93.9 Å². The molecule has 0 radical (unpaired) electrons. The molecule has 3 nitrogen and oxygen atoms in total. The average molecular weight is 520 g/mol. The predicted molar refractivity (Wildman–Crippen MR) is 163 cm³/mol. The van der Waals surface area contributed by atoms with Gasteiger partial charge in [0.25, 0.3) is 0 Å². The Balaban J connectivity index is 1.26. The van der Waals surface area contributed by atoms with E-state index in [9.17, 15) is 5.11 Å². The third-order valence-corrected chi connectivity index (χ3v) is 7.92. The molecule has 0 heterocycles. The lowest BCUT2D eigenvalue weighted by Crippen LogP contribution is -2.26.